The Labute approximate surface area is 106 Å². The van der Waals surface area contributed by atoms with Gasteiger partial charge < -0.3 is 5.32 Å². The summed E-state index contributed by atoms with van der Waals surface area (Å²) in [5, 5.41) is 3.12. The van der Waals surface area contributed by atoms with Crippen LogP contribution in [-0.4, -0.2) is 16.5 Å². The van der Waals surface area contributed by atoms with Gasteiger partial charge in [-0.05, 0) is 31.0 Å². The molecule has 1 N–H and O–H groups in total. The van der Waals surface area contributed by atoms with Gasteiger partial charge in [-0.25, -0.2) is 14.4 Å². The number of nitrogens with zero attached hydrogens (tertiary/aromatic N) is 2. The summed E-state index contributed by atoms with van der Waals surface area (Å²) in [6.45, 7) is 4.66. The van der Waals surface area contributed by atoms with Crippen molar-refractivity contribution in [2.75, 3.05) is 11.9 Å². The van der Waals surface area contributed by atoms with Gasteiger partial charge in [0.2, 0.25) is 5.95 Å². The van der Waals surface area contributed by atoms with Crippen LogP contribution in [0.2, 0.25) is 0 Å². The zero-order valence-electron chi connectivity index (χ0n) is 10.6. The van der Waals surface area contributed by atoms with E-state index in [1.165, 1.54) is 6.07 Å². The third-order valence-electron chi connectivity index (χ3n) is 2.73. The zero-order chi connectivity index (χ0) is 13.0. The Morgan fingerprint density at radius 2 is 2.11 bits per heavy atom. The van der Waals surface area contributed by atoms with E-state index >= 15 is 0 Å². The fourth-order valence-electron chi connectivity index (χ4n) is 1.72. The zero-order valence-corrected chi connectivity index (χ0v) is 10.6. The molecule has 1 aromatic carbocycles. The lowest BCUT2D eigenvalue weighted by Crippen LogP contribution is -2.04. The fraction of sp³-hybridized carbons (Fsp3) is 0.286. The third kappa shape index (κ3) is 2.64. The summed E-state index contributed by atoms with van der Waals surface area (Å²) in [6.07, 6.45) is 2.69. The Bertz CT molecular complexity index is 540. The van der Waals surface area contributed by atoms with Crippen LogP contribution in [0.5, 0.6) is 0 Å². The Morgan fingerprint density at radius 1 is 1.28 bits per heavy atom. The second-order valence-corrected chi connectivity index (χ2v) is 4.10. The van der Waals surface area contributed by atoms with Crippen LogP contribution in [0.4, 0.5) is 10.3 Å². The van der Waals surface area contributed by atoms with Gasteiger partial charge in [-0.2, -0.15) is 0 Å². The molecule has 94 valence electrons. The van der Waals surface area contributed by atoms with E-state index < -0.39 is 0 Å². The Hall–Kier alpha value is -1.97. The first-order valence-corrected chi connectivity index (χ1v) is 6.04. The van der Waals surface area contributed by atoms with Crippen molar-refractivity contribution < 1.29 is 4.39 Å². The number of rotatable bonds is 4. The Kier molecular flexibility index (Phi) is 3.87. The van der Waals surface area contributed by atoms with E-state index in [-0.39, 0.29) is 5.82 Å². The van der Waals surface area contributed by atoms with Gasteiger partial charge in [-0.15, -0.1) is 0 Å². The van der Waals surface area contributed by atoms with Crippen molar-refractivity contribution in [3.05, 3.63) is 41.8 Å². The number of halogens is 1. The first kappa shape index (κ1) is 12.5. The highest BCUT2D eigenvalue weighted by Gasteiger charge is 2.07. The molecule has 0 bridgehead atoms. The molecule has 2 aromatic rings. The minimum Gasteiger partial charge on any atom is -0.354 e. The van der Waals surface area contributed by atoms with Gasteiger partial charge in [0.1, 0.15) is 5.82 Å². The molecule has 0 aliphatic carbocycles. The monoisotopic (exact) mass is 245 g/mol. The number of anilines is 1. The first-order chi connectivity index (χ1) is 8.72. The molecule has 0 aliphatic rings. The largest absolute Gasteiger partial charge is 0.354 e. The molecule has 0 unspecified atom stereocenters. The maximum atomic E-state index is 13.5. The van der Waals surface area contributed by atoms with Crippen molar-refractivity contribution in [1.29, 1.82) is 0 Å². The van der Waals surface area contributed by atoms with Crippen LogP contribution < -0.4 is 5.32 Å². The molecule has 0 amide bonds. The normalized spacial score (nSPS) is 10.4. The number of hydrogen-bond donors (Lipinski definition) is 1. The second kappa shape index (κ2) is 5.58. The first-order valence-electron chi connectivity index (χ1n) is 6.04. The van der Waals surface area contributed by atoms with Crippen molar-refractivity contribution in [3.63, 3.8) is 0 Å². The summed E-state index contributed by atoms with van der Waals surface area (Å²) in [5.74, 6) is 0.368. The standard InChI is InChI=1S/C14H16FN3/c1-3-8-16-14-17-9-7-13(18-14)11-5-4-6-12(15)10(11)2/h4-7,9H,3,8H2,1-2H3,(H,16,17,18). The van der Waals surface area contributed by atoms with Gasteiger partial charge >= 0.3 is 0 Å². The van der Waals surface area contributed by atoms with Crippen LogP contribution in [0.1, 0.15) is 18.9 Å². The third-order valence-corrected chi connectivity index (χ3v) is 2.73. The molecule has 0 saturated heterocycles. The maximum Gasteiger partial charge on any atom is 0.223 e. The average molecular weight is 245 g/mol. The van der Waals surface area contributed by atoms with Crippen LogP contribution in [0, 0.1) is 12.7 Å². The number of benzene rings is 1. The maximum absolute atomic E-state index is 13.5. The summed E-state index contributed by atoms with van der Waals surface area (Å²) >= 11 is 0. The molecule has 4 heteroatoms. The molecule has 1 heterocycles. The van der Waals surface area contributed by atoms with E-state index in [0.29, 0.717) is 11.5 Å². The van der Waals surface area contributed by atoms with E-state index in [4.69, 9.17) is 0 Å². The van der Waals surface area contributed by atoms with Gasteiger partial charge in [0.05, 0.1) is 5.69 Å². The van der Waals surface area contributed by atoms with E-state index in [1.807, 2.05) is 6.07 Å². The fourth-order valence-corrected chi connectivity index (χ4v) is 1.72. The molecule has 0 fully saturated rings. The predicted molar refractivity (Wildman–Crippen MR) is 70.9 cm³/mol. The molecule has 1 aromatic heterocycles. The molecule has 18 heavy (non-hydrogen) atoms. The van der Waals surface area contributed by atoms with E-state index in [9.17, 15) is 4.39 Å². The van der Waals surface area contributed by atoms with Crippen LogP contribution in [-0.2, 0) is 0 Å². The molecule has 0 saturated carbocycles. The summed E-state index contributed by atoms with van der Waals surface area (Å²) in [4.78, 5) is 8.53. The topological polar surface area (TPSA) is 37.8 Å². The van der Waals surface area contributed by atoms with Crippen LogP contribution in [0.15, 0.2) is 30.5 Å². The predicted octanol–water partition coefficient (Wildman–Crippen LogP) is 3.41. The molecular formula is C14H16FN3. The lowest BCUT2D eigenvalue weighted by atomic mass is 10.1. The quantitative estimate of drug-likeness (QED) is 0.897. The molecule has 0 atom stereocenters. The number of nitrogens with one attached hydrogen (secondary N) is 1. The van der Waals surface area contributed by atoms with E-state index in [2.05, 4.69) is 22.2 Å². The smallest absolute Gasteiger partial charge is 0.223 e. The summed E-state index contributed by atoms with van der Waals surface area (Å²) in [5.41, 5.74) is 2.15. The molecular weight excluding hydrogens is 229 g/mol. The van der Waals surface area contributed by atoms with Crippen LogP contribution >= 0.6 is 0 Å². The average Bonchev–Trinajstić information content (AvgIpc) is 2.40. The van der Waals surface area contributed by atoms with Gasteiger partial charge in [-0.1, -0.05) is 19.1 Å². The summed E-state index contributed by atoms with van der Waals surface area (Å²) < 4.78 is 13.5. The van der Waals surface area contributed by atoms with Crippen molar-refractivity contribution >= 4 is 5.95 Å². The minimum atomic E-state index is -0.214. The van der Waals surface area contributed by atoms with Gasteiger partial charge in [0, 0.05) is 18.3 Å². The van der Waals surface area contributed by atoms with E-state index in [0.717, 1.165) is 24.2 Å². The van der Waals surface area contributed by atoms with Crippen molar-refractivity contribution in [2.24, 2.45) is 0 Å². The lowest BCUT2D eigenvalue weighted by Gasteiger charge is -2.08. The lowest BCUT2D eigenvalue weighted by molar-refractivity contribution is 0.619. The Morgan fingerprint density at radius 3 is 2.89 bits per heavy atom. The van der Waals surface area contributed by atoms with Crippen molar-refractivity contribution in [2.45, 2.75) is 20.3 Å². The molecule has 3 nitrogen and oxygen atoms in total. The molecule has 0 aliphatic heterocycles. The van der Waals surface area contributed by atoms with Gasteiger partial charge in [-0.3, -0.25) is 0 Å². The molecule has 0 radical (unpaired) electrons. The summed E-state index contributed by atoms with van der Waals surface area (Å²) in [6, 6.07) is 6.80. The molecule has 2 rings (SSSR count). The highest BCUT2D eigenvalue weighted by Crippen LogP contribution is 2.23. The van der Waals surface area contributed by atoms with Crippen molar-refractivity contribution in [1.82, 2.24) is 9.97 Å². The highest BCUT2D eigenvalue weighted by molar-refractivity contribution is 5.64. The minimum absolute atomic E-state index is 0.214. The number of aromatic nitrogens is 2. The van der Waals surface area contributed by atoms with Crippen LogP contribution in [0.3, 0.4) is 0 Å². The molecule has 0 spiro atoms. The highest BCUT2D eigenvalue weighted by atomic mass is 19.1. The van der Waals surface area contributed by atoms with Crippen LogP contribution in [0.25, 0.3) is 11.3 Å². The van der Waals surface area contributed by atoms with Gasteiger partial charge in [0.15, 0.2) is 0 Å². The SMILES string of the molecule is CCCNc1nccc(-c2cccc(F)c2C)n1. The summed E-state index contributed by atoms with van der Waals surface area (Å²) in [7, 11) is 0. The van der Waals surface area contributed by atoms with E-state index in [1.54, 1.807) is 25.3 Å². The number of hydrogen-bond acceptors (Lipinski definition) is 3. The Balaban J connectivity index is 2.35. The second-order valence-electron chi connectivity index (χ2n) is 4.10. The van der Waals surface area contributed by atoms with Crippen molar-refractivity contribution in [3.8, 4) is 11.3 Å². The van der Waals surface area contributed by atoms with Gasteiger partial charge in [0.25, 0.3) is 0 Å².